The van der Waals surface area contributed by atoms with E-state index < -0.39 is 8.07 Å². The number of rotatable bonds is 5. The lowest BCUT2D eigenvalue weighted by Crippen LogP contribution is -2.49. The van der Waals surface area contributed by atoms with Crippen molar-refractivity contribution in [3.8, 4) is 0 Å². The van der Waals surface area contributed by atoms with Crippen LogP contribution in [0.4, 0.5) is 0 Å². The first-order valence-corrected chi connectivity index (χ1v) is 10.7. The van der Waals surface area contributed by atoms with Crippen LogP contribution in [0.2, 0.25) is 6.55 Å². The van der Waals surface area contributed by atoms with Crippen LogP contribution < -0.4 is 5.19 Å². The zero-order valence-corrected chi connectivity index (χ0v) is 14.0. The minimum Gasteiger partial charge on any atom is -0.0647 e. The van der Waals surface area contributed by atoms with Crippen LogP contribution in [0, 0.1) is 6.07 Å². The summed E-state index contributed by atoms with van der Waals surface area (Å²) in [6.45, 7) is 2.50. The summed E-state index contributed by atoms with van der Waals surface area (Å²) in [5.74, 6) is 0. The lowest BCUT2D eigenvalue weighted by atomic mass is 10.2. The lowest BCUT2D eigenvalue weighted by molar-refractivity contribution is 1.22. The summed E-state index contributed by atoms with van der Waals surface area (Å²) in [4.78, 5) is 0. The van der Waals surface area contributed by atoms with Gasteiger partial charge in [-0.2, -0.15) is 0 Å². The lowest BCUT2D eigenvalue weighted by Gasteiger charge is -2.28. The van der Waals surface area contributed by atoms with E-state index in [0.29, 0.717) is 0 Å². The van der Waals surface area contributed by atoms with Crippen molar-refractivity contribution >= 4 is 13.3 Å². The van der Waals surface area contributed by atoms with Crippen LogP contribution in [0.25, 0.3) is 0 Å². The Morgan fingerprint density at radius 1 is 0.682 bits per heavy atom. The predicted octanol–water partition coefficient (Wildman–Crippen LogP) is 4.34. The summed E-state index contributed by atoms with van der Waals surface area (Å²) in [5.41, 5.74) is 2.89. The van der Waals surface area contributed by atoms with Crippen molar-refractivity contribution in [3.05, 3.63) is 102 Å². The van der Waals surface area contributed by atoms with Gasteiger partial charge in [0, 0.05) is 0 Å². The molecule has 1 radical (unpaired) electrons. The number of hydrogen-bond acceptors (Lipinski definition) is 0. The second kappa shape index (κ2) is 6.76. The van der Waals surface area contributed by atoms with Gasteiger partial charge in [-0.25, -0.2) is 0 Å². The smallest absolute Gasteiger partial charge is 0.0647 e. The molecule has 0 spiro atoms. The van der Waals surface area contributed by atoms with Gasteiger partial charge in [-0.05, 0) is 18.2 Å². The molecule has 0 bridgehead atoms. The van der Waals surface area contributed by atoms with Gasteiger partial charge in [0.05, 0.1) is 8.07 Å². The maximum Gasteiger partial charge on any atom is 0.0922 e. The second-order valence-corrected chi connectivity index (χ2v) is 10.6. The molecule has 3 aromatic carbocycles. The molecule has 0 amide bonds. The van der Waals surface area contributed by atoms with Gasteiger partial charge >= 0.3 is 0 Å². The maximum absolute atomic E-state index is 3.15. The third-order valence-electron chi connectivity index (χ3n) is 4.29. The molecule has 0 saturated heterocycles. The first-order valence-electron chi connectivity index (χ1n) is 7.81. The van der Waals surface area contributed by atoms with E-state index in [9.17, 15) is 0 Å². The van der Waals surface area contributed by atoms with Gasteiger partial charge in [0.15, 0.2) is 0 Å². The Kier molecular flexibility index (Phi) is 4.55. The third kappa shape index (κ3) is 3.55. The van der Waals surface area contributed by atoms with Gasteiger partial charge < -0.3 is 0 Å². The molecule has 0 aliphatic rings. The topological polar surface area (TPSA) is 0 Å². The van der Waals surface area contributed by atoms with E-state index in [2.05, 4.69) is 97.5 Å². The summed E-state index contributed by atoms with van der Waals surface area (Å²) in [6.07, 6.45) is 0. The number of benzene rings is 3. The Morgan fingerprint density at radius 2 is 1.14 bits per heavy atom. The molecule has 0 saturated carbocycles. The van der Waals surface area contributed by atoms with Gasteiger partial charge in [-0.15, -0.1) is 0 Å². The van der Waals surface area contributed by atoms with Gasteiger partial charge in [-0.1, -0.05) is 108 Å². The molecule has 109 valence electrons. The molecule has 3 aromatic rings. The largest absolute Gasteiger partial charge is 0.0922 e. The van der Waals surface area contributed by atoms with Crippen LogP contribution >= 0.6 is 0 Å². The highest BCUT2D eigenvalue weighted by Crippen LogP contribution is 2.18. The molecule has 0 nitrogen and oxygen atoms in total. The summed E-state index contributed by atoms with van der Waals surface area (Å²) in [7, 11) is -1.63. The van der Waals surface area contributed by atoms with Gasteiger partial charge in [-0.3, -0.25) is 0 Å². The fraction of sp³-hybridized carbons (Fsp3) is 0.143. The van der Waals surface area contributed by atoms with Crippen molar-refractivity contribution in [2.75, 3.05) is 0 Å². The monoisotopic (exact) mass is 301 g/mol. The van der Waals surface area contributed by atoms with Crippen LogP contribution in [-0.4, -0.2) is 8.07 Å². The molecule has 0 aromatic heterocycles. The summed E-state index contributed by atoms with van der Waals surface area (Å²) in [5, 5.41) is 1.51. The standard InChI is InChI=1S/C21H21Si/c1-22(21-15-9-4-10-16-21,17-19-11-5-2-6-12-19)18-20-13-7-3-8-14-20/h2-3,5-16H,17-18H2,1H3. The first-order chi connectivity index (χ1) is 10.8. The average Bonchev–Trinajstić information content (AvgIpc) is 2.57. The van der Waals surface area contributed by atoms with Gasteiger partial charge in [0.1, 0.15) is 0 Å². The molecule has 22 heavy (non-hydrogen) atoms. The molecule has 0 atom stereocenters. The van der Waals surface area contributed by atoms with E-state index in [1.807, 2.05) is 0 Å². The molecular weight excluding hydrogens is 280 g/mol. The molecule has 0 fully saturated rings. The minimum absolute atomic E-state index is 1.17. The zero-order valence-electron chi connectivity index (χ0n) is 13.0. The van der Waals surface area contributed by atoms with Crippen molar-refractivity contribution in [1.82, 2.24) is 0 Å². The van der Waals surface area contributed by atoms with Crippen LogP contribution in [0.3, 0.4) is 0 Å². The van der Waals surface area contributed by atoms with E-state index in [0.717, 1.165) is 0 Å². The van der Waals surface area contributed by atoms with E-state index >= 15 is 0 Å². The highest BCUT2D eigenvalue weighted by Gasteiger charge is 2.29. The highest BCUT2D eigenvalue weighted by atomic mass is 28.3. The van der Waals surface area contributed by atoms with Crippen molar-refractivity contribution in [3.63, 3.8) is 0 Å². The van der Waals surface area contributed by atoms with Crippen molar-refractivity contribution in [2.45, 2.75) is 18.6 Å². The van der Waals surface area contributed by atoms with Crippen LogP contribution in [-0.2, 0) is 12.1 Å². The number of hydrogen-bond donors (Lipinski definition) is 0. The molecule has 3 rings (SSSR count). The quantitative estimate of drug-likeness (QED) is 0.615. The molecule has 0 heterocycles. The normalized spacial score (nSPS) is 11.3. The van der Waals surface area contributed by atoms with E-state index in [1.54, 1.807) is 0 Å². The SMILES string of the molecule is C[Si](Cc1ccccc1)(Cc1ccccc1)c1cc[c]cc1. The van der Waals surface area contributed by atoms with Crippen molar-refractivity contribution in [2.24, 2.45) is 0 Å². The fourth-order valence-corrected chi connectivity index (χ4v) is 6.93. The van der Waals surface area contributed by atoms with Crippen molar-refractivity contribution < 1.29 is 0 Å². The van der Waals surface area contributed by atoms with Crippen LogP contribution in [0.5, 0.6) is 0 Å². The Morgan fingerprint density at radius 3 is 1.59 bits per heavy atom. The molecule has 0 unspecified atom stereocenters. The highest BCUT2D eigenvalue weighted by molar-refractivity contribution is 6.89. The minimum atomic E-state index is -1.63. The third-order valence-corrected chi connectivity index (χ3v) is 8.39. The van der Waals surface area contributed by atoms with E-state index in [-0.39, 0.29) is 0 Å². The molecule has 0 aliphatic carbocycles. The summed E-state index contributed by atoms with van der Waals surface area (Å²) < 4.78 is 0. The Balaban J connectivity index is 1.95. The Labute approximate surface area is 134 Å². The fourth-order valence-electron chi connectivity index (χ4n) is 3.15. The van der Waals surface area contributed by atoms with Gasteiger partial charge in [0.25, 0.3) is 0 Å². The maximum atomic E-state index is 3.15. The molecular formula is C21H21Si. The Hall–Kier alpha value is -2.12. The van der Waals surface area contributed by atoms with Crippen LogP contribution in [0.15, 0.2) is 84.9 Å². The molecule has 0 aliphatic heterocycles. The molecule has 1 heteroatoms. The van der Waals surface area contributed by atoms with E-state index in [4.69, 9.17) is 0 Å². The molecule has 0 N–H and O–H groups in total. The van der Waals surface area contributed by atoms with Crippen LogP contribution in [0.1, 0.15) is 11.1 Å². The Bertz CT molecular complexity index is 648. The zero-order chi connectivity index (χ0) is 15.3. The summed E-state index contributed by atoms with van der Waals surface area (Å²) in [6, 6.07) is 35.9. The predicted molar refractivity (Wildman–Crippen MR) is 96.8 cm³/mol. The summed E-state index contributed by atoms with van der Waals surface area (Å²) >= 11 is 0. The van der Waals surface area contributed by atoms with Crippen molar-refractivity contribution in [1.29, 1.82) is 0 Å². The second-order valence-electron chi connectivity index (χ2n) is 6.17. The first kappa shape index (κ1) is 14.8. The van der Waals surface area contributed by atoms with Gasteiger partial charge in [0.2, 0.25) is 0 Å². The average molecular weight is 301 g/mol. The van der Waals surface area contributed by atoms with E-state index in [1.165, 1.54) is 28.4 Å².